The molecule has 0 amide bonds. The predicted octanol–water partition coefficient (Wildman–Crippen LogP) is -0.413. The number of nitrogens with one attached hydrogen (secondary N) is 1. The zero-order valence-electron chi connectivity index (χ0n) is 11.1. The molecule has 8 nitrogen and oxygen atoms in total. The fourth-order valence-electron chi connectivity index (χ4n) is 2.14. The summed E-state index contributed by atoms with van der Waals surface area (Å²) in [6, 6.07) is -1.11. The number of rotatable bonds is 6. The molecule has 1 aliphatic rings. The van der Waals surface area contributed by atoms with E-state index in [4.69, 9.17) is 4.74 Å². The van der Waals surface area contributed by atoms with Gasteiger partial charge in [0.1, 0.15) is 6.04 Å². The van der Waals surface area contributed by atoms with Gasteiger partial charge in [-0.25, -0.2) is 13.4 Å². The van der Waals surface area contributed by atoms with E-state index in [1.165, 1.54) is 6.33 Å². The number of hydrogen-bond acceptors (Lipinski definition) is 5. The summed E-state index contributed by atoms with van der Waals surface area (Å²) in [5.41, 5.74) is 1.25. The molecule has 1 unspecified atom stereocenters. The van der Waals surface area contributed by atoms with Crippen LogP contribution in [0.15, 0.2) is 6.33 Å². The number of H-pyrrole nitrogens is 1. The fraction of sp³-hybridized carbons (Fsp3) is 0.636. The maximum atomic E-state index is 12.3. The Labute approximate surface area is 116 Å². The lowest BCUT2D eigenvalue weighted by molar-refractivity contribution is -0.141. The Kier molecular flexibility index (Phi) is 4.41. The van der Waals surface area contributed by atoms with Gasteiger partial charge in [0.05, 0.1) is 36.6 Å². The van der Waals surface area contributed by atoms with Gasteiger partial charge in [-0.05, 0) is 6.92 Å². The summed E-state index contributed by atoms with van der Waals surface area (Å²) in [6.07, 6.45) is 1.52. The predicted molar refractivity (Wildman–Crippen MR) is 69.5 cm³/mol. The van der Waals surface area contributed by atoms with Crippen molar-refractivity contribution in [1.29, 1.82) is 0 Å². The lowest BCUT2D eigenvalue weighted by Gasteiger charge is -2.31. The van der Waals surface area contributed by atoms with E-state index < -0.39 is 22.0 Å². The first kappa shape index (κ1) is 14.9. The van der Waals surface area contributed by atoms with Crippen molar-refractivity contribution in [3.05, 3.63) is 17.7 Å². The molecule has 112 valence electrons. The van der Waals surface area contributed by atoms with Gasteiger partial charge in [0.2, 0.25) is 10.0 Å². The SMILES string of the molecule is CCOCCS(=O)(=O)N1Cc2[nH]cnc2CC1C(=O)O. The highest BCUT2D eigenvalue weighted by molar-refractivity contribution is 7.89. The number of sulfonamides is 1. The number of carboxylic acid groups (broad SMARTS) is 1. The van der Waals surface area contributed by atoms with Gasteiger partial charge in [0, 0.05) is 13.0 Å². The van der Waals surface area contributed by atoms with Crippen molar-refractivity contribution in [3.63, 3.8) is 0 Å². The van der Waals surface area contributed by atoms with E-state index in [1.807, 2.05) is 0 Å². The summed E-state index contributed by atoms with van der Waals surface area (Å²) in [5, 5.41) is 9.23. The first-order chi connectivity index (χ1) is 9.45. The number of ether oxygens (including phenoxy) is 1. The number of hydrogen-bond donors (Lipinski definition) is 2. The number of carboxylic acids is 1. The first-order valence-corrected chi connectivity index (χ1v) is 7.87. The van der Waals surface area contributed by atoms with Gasteiger partial charge in [-0.3, -0.25) is 4.79 Å². The number of imidazole rings is 1. The fourth-order valence-corrected chi connectivity index (χ4v) is 3.58. The Bertz CT molecular complexity index is 583. The second kappa shape index (κ2) is 5.90. The molecule has 0 radical (unpaired) electrons. The Morgan fingerprint density at radius 3 is 3.05 bits per heavy atom. The van der Waals surface area contributed by atoms with Gasteiger partial charge in [-0.1, -0.05) is 0 Å². The molecule has 0 bridgehead atoms. The zero-order valence-corrected chi connectivity index (χ0v) is 11.9. The summed E-state index contributed by atoms with van der Waals surface area (Å²) in [7, 11) is -3.69. The molecule has 0 fully saturated rings. The third-order valence-corrected chi connectivity index (χ3v) is 4.97. The standard InChI is InChI=1S/C11H17N3O5S/c1-2-19-3-4-20(17,18)14-6-9-8(12-7-13-9)5-10(14)11(15)16/h7,10H,2-6H2,1H3,(H,12,13)(H,15,16). The largest absolute Gasteiger partial charge is 0.480 e. The third kappa shape index (κ3) is 3.00. The van der Waals surface area contributed by atoms with Crippen molar-refractivity contribution in [3.8, 4) is 0 Å². The van der Waals surface area contributed by atoms with Crippen molar-refractivity contribution in [2.75, 3.05) is 19.0 Å². The van der Waals surface area contributed by atoms with Gasteiger partial charge in [0.15, 0.2) is 0 Å². The molecule has 0 saturated carbocycles. The quantitative estimate of drug-likeness (QED) is 0.691. The van der Waals surface area contributed by atoms with Crippen LogP contribution in [0.1, 0.15) is 18.3 Å². The second-order valence-corrected chi connectivity index (χ2v) is 6.49. The van der Waals surface area contributed by atoms with Crippen LogP contribution >= 0.6 is 0 Å². The minimum atomic E-state index is -3.69. The number of aromatic nitrogens is 2. The number of aliphatic carboxylic acids is 1. The summed E-state index contributed by atoms with van der Waals surface area (Å²) >= 11 is 0. The summed E-state index contributed by atoms with van der Waals surface area (Å²) in [4.78, 5) is 18.2. The van der Waals surface area contributed by atoms with E-state index >= 15 is 0 Å². The molecule has 20 heavy (non-hydrogen) atoms. The average Bonchev–Trinajstić information content (AvgIpc) is 2.84. The Morgan fingerprint density at radius 1 is 1.65 bits per heavy atom. The normalized spacial score (nSPS) is 19.8. The average molecular weight is 303 g/mol. The third-order valence-electron chi connectivity index (χ3n) is 3.19. The maximum Gasteiger partial charge on any atom is 0.322 e. The smallest absolute Gasteiger partial charge is 0.322 e. The van der Waals surface area contributed by atoms with E-state index in [0.717, 1.165) is 4.31 Å². The first-order valence-electron chi connectivity index (χ1n) is 6.27. The lowest BCUT2D eigenvalue weighted by Crippen LogP contribution is -2.49. The molecule has 0 aromatic carbocycles. The monoisotopic (exact) mass is 303 g/mol. The molecule has 1 aromatic rings. The molecule has 9 heteroatoms. The Hall–Kier alpha value is -1.45. The molecule has 2 heterocycles. The van der Waals surface area contributed by atoms with E-state index in [1.54, 1.807) is 6.92 Å². The van der Waals surface area contributed by atoms with Crippen molar-refractivity contribution in [1.82, 2.24) is 14.3 Å². The maximum absolute atomic E-state index is 12.3. The van der Waals surface area contributed by atoms with Crippen LogP contribution in [0.25, 0.3) is 0 Å². The van der Waals surface area contributed by atoms with E-state index in [2.05, 4.69) is 9.97 Å². The number of fused-ring (bicyclic) bond motifs is 1. The van der Waals surface area contributed by atoms with Crippen LogP contribution in [-0.4, -0.2) is 58.8 Å². The topological polar surface area (TPSA) is 113 Å². The number of carbonyl (C=O) groups is 1. The molecule has 0 saturated heterocycles. The van der Waals surface area contributed by atoms with Gasteiger partial charge in [-0.15, -0.1) is 0 Å². The highest BCUT2D eigenvalue weighted by Gasteiger charge is 2.39. The molecular weight excluding hydrogens is 286 g/mol. The van der Waals surface area contributed by atoms with Crippen LogP contribution in [0, 0.1) is 0 Å². The highest BCUT2D eigenvalue weighted by atomic mass is 32.2. The second-order valence-electron chi connectivity index (χ2n) is 4.44. The number of aromatic amines is 1. The minimum absolute atomic E-state index is 0.000752. The van der Waals surface area contributed by atoms with Crippen molar-refractivity contribution in [2.45, 2.75) is 25.9 Å². The molecule has 2 rings (SSSR count). The molecule has 1 aliphatic heterocycles. The van der Waals surface area contributed by atoms with E-state index in [0.29, 0.717) is 18.0 Å². The Balaban J connectivity index is 2.22. The van der Waals surface area contributed by atoms with Crippen LogP contribution < -0.4 is 0 Å². The summed E-state index contributed by atoms with van der Waals surface area (Å²) in [6.45, 7) is 2.24. The lowest BCUT2D eigenvalue weighted by atomic mass is 10.1. The van der Waals surface area contributed by atoms with Crippen LogP contribution in [0.4, 0.5) is 0 Å². The molecule has 0 spiro atoms. The highest BCUT2D eigenvalue weighted by Crippen LogP contribution is 2.23. The van der Waals surface area contributed by atoms with Crippen molar-refractivity contribution in [2.24, 2.45) is 0 Å². The van der Waals surface area contributed by atoms with E-state index in [9.17, 15) is 18.3 Å². The van der Waals surface area contributed by atoms with Gasteiger partial charge in [0.25, 0.3) is 0 Å². The van der Waals surface area contributed by atoms with Gasteiger partial charge < -0.3 is 14.8 Å². The van der Waals surface area contributed by atoms with Gasteiger partial charge >= 0.3 is 5.97 Å². The summed E-state index contributed by atoms with van der Waals surface area (Å²) < 4.78 is 30.6. The zero-order chi connectivity index (χ0) is 14.8. The Morgan fingerprint density at radius 2 is 2.40 bits per heavy atom. The van der Waals surface area contributed by atoms with Crippen molar-refractivity contribution < 1.29 is 23.1 Å². The van der Waals surface area contributed by atoms with Crippen LogP contribution in [0.2, 0.25) is 0 Å². The van der Waals surface area contributed by atoms with Crippen LogP contribution in [0.5, 0.6) is 0 Å². The van der Waals surface area contributed by atoms with Crippen LogP contribution in [0.3, 0.4) is 0 Å². The molecule has 1 atom stereocenters. The molecule has 1 aromatic heterocycles. The van der Waals surface area contributed by atoms with Crippen LogP contribution in [-0.2, 0) is 32.5 Å². The number of nitrogens with zero attached hydrogens (tertiary/aromatic N) is 2. The molecule has 0 aliphatic carbocycles. The van der Waals surface area contributed by atoms with E-state index in [-0.39, 0.29) is 25.3 Å². The molecule has 2 N–H and O–H groups in total. The van der Waals surface area contributed by atoms with Crippen molar-refractivity contribution >= 4 is 16.0 Å². The molecular formula is C11H17N3O5S. The minimum Gasteiger partial charge on any atom is -0.480 e. The summed E-state index contributed by atoms with van der Waals surface area (Å²) in [5.74, 6) is -1.40. The van der Waals surface area contributed by atoms with Gasteiger partial charge in [-0.2, -0.15) is 4.31 Å².